The second kappa shape index (κ2) is 13.2. The van der Waals surface area contributed by atoms with E-state index in [1.165, 1.54) is 4.90 Å². The topological polar surface area (TPSA) is 108 Å². The number of carbonyl (C=O) groups excluding carboxylic acids is 2. The number of pyridine rings is 1. The fourth-order valence-electron chi connectivity index (χ4n) is 5.05. The first-order chi connectivity index (χ1) is 19.5. The molecule has 2 aliphatic heterocycles. The zero-order chi connectivity index (χ0) is 29.6. The maximum absolute atomic E-state index is 13.0. The number of hydrogen-bond donors (Lipinski definition) is 3. The van der Waals surface area contributed by atoms with E-state index in [4.69, 9.17) is 5.41 Å². The quantitative estimate of drug-likeness (QED) is 0.359. The van der Waals surface area contributed by atoms with E-state index in [2.05, 4.69) is 27.2 Å². The van der Waals surface area contributed by atoms with Crippen molar-refractivity contribution in [2.24, 2.45) is 4.99 Å². The Labute approximate surface area is 237 Å². The molecule has 0 unspecified atom stereocenters. The summed E-state index contributed by atoms with van der Waals surface area (Å²) in [5, 5.41) is 11.3. The number of halogens is 3. The highest BCUT2D eigenvalue weighted by molar-refractivity contribution is 5.96. The SMILES string of the molecule is CN1CCC(N(C)C(=O)c2ccc(NC(=N)/N=c3\[nH]cccc3C3=CCN(C(=O)CCC(F)(F)F)CC3)cc2)CC1. The van der Waals surface area contributed by atoms with Crippen molar-refractivity contribution in [1.29, 1.82) is 5.41 Å². The average Bonchev–Trinajstić information content (AvgIpc) is 2.96. The minimum Gasteiger partial charge on any atom is -0.346 e. The number of guanidine groups is 1. The summed E-state index contributed by atoms with van der Waals surface area (Å²) in [6, 6.07) is 10.8. The summed E-state index contributed by atoms with van der Waals surface area (Å²) in [5.41, 5.74) is 3.28. The number of rotatable bonds is 6. The first-order valence-corrected chi connectivity index (χ1v) is 13.7. The number of benzene rings is 1. The Morgan fingerprint density at radius 1 is 1.15 bits per heavy atom. The number of likely N-dealkylation sites (tertiary alicyclic amines) is 1. The molecule has 3 heterocycles. The molecular formula is C29H36F3N7O2. The van der Waals surface area contributed by atoms with Crippen LogP contribution in [0.1, 0.15) is 48.0 Å². The van der Waals surface area contributed by atoms with Gasteiger partial charge in [0.25, 0.3) is 5.91 Å². The van der Waals surface area contributed by atoms with Crippen LogP contribution in [0.2, 0.25) is 0 Å². The van der Waals surface area contributed by atoms with E-state index in [-0.39, 0.29) is 24.5 Å². The Hall–Kier alpha value is -3.93. The lowest BCUT2D eigenvalue weighted by Crippen LogP contribution is -2.44. The molecule has 2 aromatic rings. The number of H-pyrrole nitrogens is 1. The van der Waals surface area contributed by atoms with Gasteiger partial charge in [-0.2, -0.15) is 18.2 Å². The summed E-state index contributed by atoms with van der Waals surface area (Å²) in [7, 11) is 3.93. The molecule has 0 radical (unpaired) electrons. The summed E-state index contributed by atoms with van der Waals surface area (Å²) in [6.45, 7) is 2.47. The Morgan fingerprint density at radius 3 is 2.49 bits per heavy atom. The van der Waals surface area contributed by atoms with Gasteiger partial charge in [0.1, 0.15) is 5.49 Å². The third-order valence-corrected chi connectivity index (χ3v) is 7.54. The standard InChI is InChI=1S/C29H36F3N7O2/c1-37-16-12-23(13-17-37)38(2)27(41)21-5-7-22(8-6-21)35-28(33)36-26-24(4-3-15-34-26)20-10-18-39(19-11-20)25(40)9-14-29(30,31)32/h3-8,10,15,23H,9,11-14,16-19H2,1-2H3,(H3,33,34,35,36). The lowest BCUT2D eigenvalue weighted by molar-refractivity contribution is -0.148. The van der Waals surface area contributed by atoms with Gasteiger partial charge in [0.05, 0.1) is 6.42 Å². The van der Waals surface area contributed by atoms with Gasteiger partial charge >= 0.3 is 6.18 Å². The fourth-order valence-corrected chi connectivity index (χ4v) is 5.05. The largest absolute Gasteiger partial charge is 0.389 e. The van der Waals surface area contributed by atoms with Crippen molar-refractivity contribution in [2.45, 2.75) is 44.3 Å². The monoisotopic (exact) mass is 571 g/mol. The van der Waals surface area contributed by atoms with E-state index in [1.54, 1.807) is 36.5 Å². The van der Waals surface area contributed by atoms with Crippen LogP contribution in [0.3, 0.4) is 0 Å². The van der Waals surface area contributed by atoms with Crippen molar-refractivity contribution in [3.63, 3.8) is 0 Å². The van der Waals surface area contributed by atoms with Crippen LogP contribution in [0.15, 0.2) is 53.7 Å². The second-order valence-electron chi connectivity index (χ2n) is 10.5. The first-order valence-electron chi connectivity index (χ1n) is 13.7. The molecule has 1 fully saturated rings. The Bertz CT molecular complexity index is 1340. The zero-order valence-electron chi connectivity index (χ0n) is 23.3. The summed E-state index contributed by atoms with van der Waals surface area (Å²) in [6.07, 6.45) is -0.183. The van der Waals surface area contributed by atoms with E-state index in [0.717, 1.165) is 37.1 Å². The van der Waals surface area contributed by atoms with Gasteiger partial charge in [-0.1, -0.05) is 6.08 Å². The van der Waals surface area contributed by atoms with E-state index in [0.29, 0.717) is 29.7 Å². The van der Waals surface area contributed by atoms with Crippen molar-refractivity contribution < 1.29 is 22.8 Å². The van der Waals surface area contributed by atoms with Gasteiger partial charge in [0.15, 0.2) is 0 Å². The number of nitrogens with one attached hydrogen (secondary N) is 3. The van der Waals surface area contributed by atoms with Crippen molar-refractivity contribution in [3.8, 4) is 0 Å². The molecule has 2 amide bonds. The Balaban J connectivity index is 1.38. The van der Waals surface area contributed by atoms with E-state index in [1.807, 2.05) is 24.1 Å². The lowest BCUT2D eigenvalue weighted by Gasteiger charge is -2.35. The van der Waals surface area contributed by atoms with Crippen LogP contribution < -0.4 is 10.8 Å². The minimum atomic E-state index is -4.36. The summed E-state index contributed by atoms with van der Waals surface area (Å²) < 4.78 is 37.4. The van der Waals surface area contributed by atoms with Crippen LogP contribution in [0.4, 0.5) is 18.9 Å². The van der Waals surface area contributed by atoms with Crippen LogP contribution in [0.25, 0.3) is 5.57 Å². The highest BCUT2D eigenvalue weighted by Crippen LogP contribution is 2.24. The molecule has 1 aromatic carbocycles. The number of nitrogens with zero attached hydrogens (tertiary/aromatic N) is 4. The molecule has 41 heavy (non-hydrogen) atoms. The third-order valence-electron chi connectivity index (χ3n) is 7.54. The van der Waals surface area contributed by atoms with Gasteiger partial charge in [-0.15, -0.1) is 0 Å². The number of piperidine rings is 1. The Kier molecular flexibility index (Phi) is 9.64. The molecule has 9 nitrogen and oxygen atoms in total. The van der Waals surface area contributed by atoms with Crippen LogP contribution in [-0.2, 0) is 4.79 Å². The molecule has 0 atom stereocenters. The van der Waals surface area contributed by atoms with E-state index < -0.39 is 24.9 Å². The summed E-state index contributed by atoms with van der Waals surface area (Å²) in [4.78, 5) is 38.1. The van der Waals surface area contributed by atoms with Crippen molar-refractivity contribution in [2.75, 3.05) is 45.6 Å². The molecule has 12 heteroatoms. The minimum absolute atomic E-state index is 0.0317. The molecule has 1 saturated heterocycles. The van der Waals surface area contributed by atoms with Crippen molar-refractivity contribution >= 4 is 29.0 Å². The van der Waals surface area contributed by atoms with Crippen LogP contribution >= 0.6 is 0 Å². The van der Waals surface area contributed by atoms with Gasteiger partial charge in [-0.25, -0.2) is 0 Å². The highest BCUT2D eigenvalue weighted by atomic mass is 19.4. The van der Waals surface area contributed by atoms with Gasteiger partial charge in [0.2, 0.25) is 11.9 Å². The normalized spacial score (nSPS) is 17.2. The number of alkyl halides is 3. The molecule has 4 rings (SSSR count). The predicted molar refractivity (Wildman–Crippen MR) is 151 cm³/mol. The maximum Gasteiger partial charge on any atom is 0.389 e. The molecule has 0 saturated carbocycles. The number of amides is 2. The smallest absolute Gasteiger partial charge is 0.346 e. The van der Waals surface area contributed by atoms with Crippen molar-refractivity contribution in [1.82, 2.24) is 19.7 Å². The third kappa shape index (κ3) is 8.29. The molecular weight excluding hydrogens is 535 g/mol. The first kappa shape index (κ1) is 30.0. The summed E-state index contributed by atoms with van der Waals surface area (Å²) >= 11 is 0. The number of hydrogen-bond acceptors (Lipinski definition) is 4. The van der Waals surface area contributed by atoms with Gasteiger partial charge in [0, 0.05) is 55.6 Å². The number of carbonyl (C=O) groups is 2. The van der Waals surface area contributed by atoms with E-state index in [9.17, 15) is 22.8 Å². The number of aromatic nitrogens is 1. The van der Waals surface area contributed by atoms with Crippen molar-refractivity contribution in [3.05, 3.63) is 65.3 Å². The van der Waals surface area contributed by atoms with Gasteiger partial charge in [-0.3, -0.25) is 15.0 Å². The fraction of sp³-hybridized carbons (Fsp3) is 0.448. The zero-order valence-corrected chi connectivity index (χ0v) is 23.3. The number of aromatic amines is 1. The molecule has 3 N–H and O–H groups in total. The molecule has 220 valence electrons. The molecule has 0 aliphatic carbocycles. The lowest BCUT2D eigenvalue weighted by atomic mass is 10.0. The van der Waals surface area contributed by atoms with E-state index >= 15 is 0 Å². The molecule has 0 bridgehead atoms. The van der Waals surface area contributed by atoms with Crippen LogP contribution in [0.5, 0.6) is 0 Å². The second-order valence-corrected chi connectivity index (χ2v) is 10.5. The highest BCUT2D eigenvalue weighted by Gasteiger charge is 2.30. The van der Waals surface area contributed by atoms with Gasteiger partial charge < -0.3 is 25.0 Å². The molecule has 1 aromatic heterocycles. The predicted octanol–water partition coefficient (Wildman–Crippen LogP) is 4.09. The summed E-state index contributed by atoms with van der Waals surface area (Å²) in [5.74, 6) is -0.665. The average molecular weight is 572 g/mol. The maximum atomic E-state index is 13.0. The van der Waals surface area contributed by atoms with Gasteiger partial charge in [-0.05, 0) is 81.4 Å². The molecule has 2 aliphatic rings. The van der Waals surface area contributed by atoms with Crippen LogP contribution in [0, 0.1) is 5.41 Å². The Morgan fingerprint density at radius 2 is 1.85 bits per heavy atom. The molecule has 0 spiro atoms. The number of anilines is 1. The van der Waals surface area contributed by atoms with Crippen LogP contribution in [-0.4, -0.2) is 90.0 Å².